The van der Waals surface area contributed by atoms with Gasteiger partial charge in [0.05, 0.1) is 10.5 Å². The Kier molecular flexibility index (Phi) is 5.15. The molecule has 0 fully saturated rings. The molecule has 0 atom stereocenters. The maximum atomic E-state index is 13.4. The van der Waals surface area contributed by atoms with E-state index < -0.39 is 27.4 Å². The molecule has 4 nitrogen and oxygen atoms in total. The molecule has 1 heterocycles. The summed E-state index contributed by atoms with van der Waals surface area (Å²) in [5, 5.41) is 0.578. The van der Waals surface area contributed by atoms with Gasteiger partial charge < -0.3 is 4.98 Å². The zero-order valence-corrected chi connectivity index (χ0v) is 17.1. The van der Waals surface area contributed by atoms with Crippen LogP contribution < -0.4 is 0 Å². The molecular formula is C22H13ClF3NO3S. The number of halogens is 4. The number of ketones is 1. The summed E-state index contributed by atoms with van der Waals surface area (Å²) in [6.45, 7) is 0. The normalized spacial score (nSPS) is 12.3. The largest absolute Gasteiger partial charge is 0.416 e. The van der Waals surface area contributed by atoms with Crippen LogP contribution in [0.1, 0.15) is 21.6 Å². The van der Waals surface area contributed by atoms with E-state index in [-0.39, 0.29) is 26.4 Å². The Bertz CT molecular complexity index is 1390. The number of H-pyrrole nitrogens is 1. The van der Waals surface area contributed by atoms with Crippen molar-refractivity contribution in [2.75, 3.05) is 0 Å². The fourth-order valence-electron chi connectivity index (χ4n) is 3.26. The molecule has 0 radical (unpaired) electrons. The van der Waals surface area contributed by atoms with Crippen molar-refractivity contribution in [1.29, 1.82) is 0 Å². The van der Waals surface area contributed by atoms with Crippen LogP contribution in [0.4, 0.5) is 13.2 Å². The van der Waals surface area contributed by atoms with Gasteiger partial charge in [-0.2, -0.15) is 13.2 Å². The SMILES string of the molecule is O=C(c1ccc(C(F)(F)F)cc1)c1[nH]c2cc(Cl)ccc2c1S(=O)(=O)c1ccccc1. The zero-order chi connectivity index (χ0) is 22.4. The quantitative estimate of drug-likeness (QED) is 0.383. The van der Waals surface area contributed by atoms with Crippen molar-refractivity contribution < 1.29 is 26.4 Å². The molecule has 0 amide bonds. The molecule has 1 aromatic heterocycles. The number of nitrogens with one attached hydrogen (secondary N) is 1. The minimum atomic E-state index is -4.55. The number of alkyl halides is 3. The average Bonchev–Trinajstić information content (AvgIpc) is 3.12. The summed E-state index contributed by atoms with van der Waals surface area (Å²) in [5.41, 5.74) is -0.932. The Morgan fingerprint density at radius 2 is 1.55 bits per heavy atom. The number of hydrogen-bond donors (Lipinski definition) is 1. The van der Waals surface area contributed by atoms with Crippen LogP contribution in [0.5, 0.6) is 0 Å². The molecule has 4 rings (SSSR count). The number of carbonyl (C=O) groups excluding carboxylic acids is 1. The highest BCUT2D eigenvalue weighted by atomic mass is 35.5. The fraction of sp³-hybridized carbons (Fsp3) is 0.0455. The highest BCUT2D eigenvalue weighted by Gasteiger charge is 2.32. The maximum Gasteiger partial charge on any atom is 0.416 e. The lowest BCUT2D eigenvalue weighted by atomic mass is 10.1. The molecule has 0 aliphatic heterocycles. The van der Waals surface area contributed by atoms with Gasteiger partial charge in [0.15, 0.2) is 0 Å². The van der Waals surface area contributed by atoms with Crippen LogP contribution in [0.15, 0.2) is 82.6 Å². The Hall–Kier alpha value is -3.10. The maximum absolute atomic E-state index is 13.4. The summed E-state index contributed by atoms with van der Waals surface area (Å²) in [6.07, 6.45) is -4.55. The lowest BCUT2D eigenvalue weighted by Crippen LogP contribution is -2.11. The van der Waals surface area contributed by atoms with E-state index in [2.05, 4.69) is 4.98 Å². The molecule has 0 saturated heterocycles. The first kappa shape index (κ1) is 21.1. The van der Waals surface area contributed by atoms with E-state index in [0.717, 1.165) is 24.3 Å². The number of sulfone groups is 1. The minimum Gasteiger partial charge on any atom is -0.351 e. The van der Waals surface area contributed by atoms with Crippen molar-refractivity contribution in [3.63, 3.8) is 0 Å². The topological polar surface area (TPSA) is 67.0 Å². The predicted molar refractivity (Wildman–Crippen MR) is 110 cm³/mol. The van der Waals surface area contributed by atoms with E-state index in [9.17, 15) is 26.4 Å². The Balaban J connectivity index is 1.92. The predicted octanol–water partition coefficient (Wildman–Crippen LogP) is 5.90. The van der Waals surface area contributed by atoms with Gasteiger partial charge in [0.2, 0.25) is 15.6 Å². The van der Waals surface area contributed by atoms with Gasteiger partial charge in [-0.05, 0) is 36.4 Å². The molecule has 158 valence electrons. The van der Waals surface area contributed by atoms with Crippen LogP contribution in [0, 0.1) is 0 Å². The van der Waals surface area contributed by atoms with Gasteiger partial charge in [0.1, 0.15) is 10.6 Å². The van der Waals surface area contributed by atoms with Crippen LogP contribution in [0.25, 0.3) is 10.9 Å². The van der Waals surface area contributed by atoms with Crippen molar-refractivity contribution in [1.82, 2.24) is 4.98 Å². The van der Waals surface area contributed by atoms with E-state index in [0.29, 0.717) is 10.5 Å². The second kappa shape index (κ2) is 7.55. The summed E-state index contributed by atoms with van der Waals surface area (Å²) in [5.74, 6) is -0.754. The molecule has 0 aliphatic rings. The second-order valence-corrected chi connectivity index (χ2v) is 9.06. The number of aromatic nitrogens is 1. The van der Waals surface area contributed by atoms with Gasteiger partial charge in [-0.1, -0.05) is 48.0 Å². The Morgan fingerprint density at radius 3 is 2.16 bits per heavy atom. The Morgan fingerprint density at radius 1 is 0.903 bits per heavy atom. The zero-order valence-electron chi connectivity index (χ0n) is 15.6. The Labute approximate surface area is 180 Å². The first-order valence-corrected chi connectivity index (χ1v) is 10.8. The van der Waals surface area contributed by atoms with Gasteiger partial charge in [0.25, 0.3) is 0 Å². The summed E-state index contributed by atoms with van der Waals surface area (Å²) in [4.78, 5) is 15.7. The molecule has 9 heteroatoms. The molecule has 0 bridgehead atoms. The van der Waals surface area contributed by atoms with Crippen molar-refractivity contribution in [3.8, 4) is 0 Å². The van der Waals surface area contributed by atoms with Crippen LogP contribution in [0.2, 0.25) is 5.02 Å². The van der Waals surface area contributed by atoms with E-state index in [1.807, 2.05) is 0 Å². The van der Waals surface area contributed by atoms with Gasteiger partial charge in [0, 0.05) is 21.5 Å². The van der Waals surface area contributed by atoms with Crippen molar-refractivity contribution in [2.24, 2.45) is 0 Å². The molecule has 1 N–H and O–H groups in total. The number of carbonyl (C=O) groups is 1. The van der Waals surface area contributed by atoms with Gasteiger partial charge in [-0.15, -0.1) is 0 Å². The number of fused-ring (bicyclic) bond motifs is 1. The van der Waals surface area contributed by atoms with Gasteiger partial charge in [-0.25, -0.2) is 8.42 Å². The third-order valence-corrected chi connectivity index (χ3v) is 6.83. The van der Waals surface area contributed by atoms with E-state index >= 15 is 0 Å². The number of aromatic amines is 1. The van der Waals surface area contributed by atoms with E-state index in [4.69, 9.17) is 11.6 Å². The summed E-state index contributed by atoms with van der Waals surface area (Å²) in [6, 6.07) is 15.6. The molecule has 0 unspecified atom stereocenters. The fourth-order valence-corrected chi connectivity index (χ4v) is 5.06. The van der Waals surface area contributed by atoms with E-state index in [1.54, 1.807) is 18.2 Å². The van der Waals surface area contributed by atoms with Crippen LogP contribution in [-0.2, 0) is 16.0 Å². The lowest BCUT2D eigenvalue weighted by molar-refractivity contribution is -0.137. The summed E-state index contributed by atoms with van der Waals surface area (Å²) in [7, 11) is -4.13. The monoisotopic (exact) mass is 463 g/mol. The smallest absolute Gasteiger partial charge is 0.351 e. The molecule has 4 aromatic rings. The first-order chi connectivity index (χ1) is 14.6. The molecule has 3 aromatic carbocycles. The second-order valence-electron chi connectivity index (χ2n) is 6.74. The van der Waals surface area contributed by atoms with Crippen molar-refractivity contribution in [2.45, 2.75) is 16.0 Å². The van der Waals surface area contributed by atoms with Crippen LogP contribution in [-0.4, -0.2) is 19.2 Å². The highest BCUT2D eigenvalue weighted by Crippen LogP contribution is 2.35. The third-order valence-electron chi connectivity index (χ3n) is 4.74. The average molecular weight is 464 g/mol. The minimum absolute atomic E-state index is 0.0210. The van der Waals surface area contributed by atoms with E-state index in [1.165, 1.54) is 30.3 Å². The molecule has 0 aliphatic carbocycles. The molecule has 0 saturated carbocycles. The first-order valence-electron chi connectivity index (χ1n) is 8.92. The summed E-state index contributed by atoms with van der Waals surface area (Å²) < 4.78 is 65.3. The summed E-state index contributed by atoms with van der Waals surface area (Å²) >= 11 is 6.01. The third kappa shape index (κ3) is 3.84. The van der Waals surface area contributed by atoms with Crippen LogP contribution >= 0.6 is 11.6 Å². The highest BCUT2D eigenvalue weighted by molar-refractivity contribution is 7.91. The number of rotatable bonds is 4. The number of hydrogen-bond acceptors (Lipinski definition) is 3. The van der Waals surface area contributed by atoms with Crippen molar-refractivity contribution in [3.05, 3.63) is 94.6 Å². The molecule has 0 spiro atoms. The molecule has 31 heavy (non-hydrogen) atoms. The molecular weight excluding hydrogens is 451 g/mol. The van der Waals surface area contributed by atoms with Gasteiger partial charge in [-0.3, -0.25) is 4.79 Å². The standard InChI is InChI=1S/C22H13ClF3NO3S/c23-15-10-11-17-18(12-15)27-19(21(17)31(29,30)16-4-2-1-3-5-16)20(28)13-6-8-14(9-7-13)22(24,25)26/h1-12,27H. The van der Waals surface area contributed by atoms with Crippen LogP contribution in [0.3, 0.4) is 0 Å². The van der Waals surface area contributed by atoms with Crippen molar-refractivity contribution >= 4 is 38.1 Å². The lowest BCUT2D eigenvalue weighted by Gasteiger charge is -2.09. The van der Waals surface area contributed by atoms with Gasteiger partial charge >= 0.3 is 6.18 Å². The number of benzene rings is 3.